The lowest BCUT2D eigenvalue weighted by atomic mass is 9.77. The van der Waals surface area contributed by atoms with Crippen LogP contribution in [0.5, 0.6) is 0 Å². The fourth-order valence-electron chi connectivity index (χ4n) is 2.99. The number of hydrogen-bond donors (Lipinski definition) is 0. The number of benzene rings is 3. The van der Waals surface area contributed by atoms with Crippen LogP contribution in [0.1, 0.15) is 0 Å². The predicted molar refractivity (Wildman–Crippen MR) is 94.6 cm³/mol. The Kier molecular flexibility index (Phi) is 3.97. The molecule has 4 rings (SSSR count). The monoisotopic (exact) mass is 300 g/mol. The van der Waals surface area contributed by atoms with Crippen molar-refractivity contribution in [3.8, 4) is 22.3 Å². The first-order valence-electron chi connectivity index (χ1n) is 7.90. The molecule has 0 saturated carbocycles. The van der Waals surface area contributed by atoms with Gasteiger partial charge in [0.2, 0.25) is 0 Å². The third kappa shape index (κ3) is 2.94. The minimum Gasteiger partial charge on any atom is -0.405 e. The van der Waals surface area contributed by atoms with Crippen LogP contribution in [0.2, 0.25) is 0 Å². The third-order valence-electron chi connectivity index (χ3n) is 4.11. The molecular formula is C20H17BO2. The van der Waals surface area contributed by atoms with Gasteiger partial charge in [-0.2, -0.15) is 0 Å². The van der Waals surface area contributed by atoms with Gasteiger partial charge < -0.3 is 9.31 Å². The van der Waals surface area contributed by atoms with E-state index in [-0.39, 0.29) is 7.12 Å². The topological polar surface area (TPSA) is 18.5 Å². The van der Waals surface area contributed by atoms with Gasteiger partial charge in [-0.1, -0.05) is 78.9 Å². The third-order valence-corrected chi connectivity index (χ3v) is 4.11. The lowest BCUT2D eigenvalue weighted by molar-refractivity contribution is 0.365. The van der Waals surface area contributed by atoms with E-state index in [1.807, 2.05) is 12.1 Å². The summed E-state index contributed by atoms with van der Waals surface area (Å²) in [7, 11) is -0.248. The molecule has 1 aliphatic rings. The summed E-state index contributed by atoms with van der Waals surface area (Å²) in [4.78, 5) is 0. The second-order valence-corrected chi connectivity index (χ2v) is 5.61. The highest BCUT2D eigenvalue weighted by atomic mass is 16.6. The van der Waals surface area contributed by atoms with Crippen LogP contribution in [0.25, 0.3) is 22.3 Å². The Labute approximate surface area is 136 Å². The minimum absolute atomic E-state index is 0.248. The lowest BCUT2D eigenvalue weighted by Crippen LogP contribution is -2.31. The molecule has 1 aliphatic heterocycles. The molecule has 23 heavy (non-hydrogen) atoms. The van der Waals surface area contributed by atoms with Crippen molar-refractivity contribution in [2.45, 2.75) is 0 Å². The Morgan fingerprint density at radius 2 is 1.17 bits per heavy atom. The largest absolute Gasteiger partial charge is 0.494 e. The predicted octanol–water partition coefficient (Wildman–Crippen LogP) is 3.76. The first-order chi connectivity index (χ1) is 11.4. The van der Waals surface area contributed by atoms with E-state index in [9.17, 15) is 0 Å². The van der Waals surface area contributed by atoms with Crippen molar-refractivity contribution in [3.63, 3.8) is 0 Å². The van der Waals surface area contributed by atoms with Gasteiger partial charge in [-0.15, -0.1) is 0 Å². The van der Waals surface area contributed by atoms with Crippen LogP contribution in [0.4, 0.5) is 0 Å². The molecule has 0 N–H and O–H groups in total. The van der Waals surface area contributed by atoms with Gasteiger partial charge in [-0.3, -0.25) is 0 Å². The van der Waals surface area contributed by atoms with E-state index in [1.54, 1.807) is 0 Å². The summed E-state index contributed by atoms with van der Waals surface area (Å²) in [6, 6.07) is 27.4. The molecule has 2 nitrogen and oxygen atoms in total. The molecule has 0 radical (unpaired) electrons. The van der Waals surface area contributed by atoms with E-state index >= 15 is 0 Å². The van der Waals surface area contributed by atoms with Crippen molar-refractivity contribution >= 4 is 12.6 Å². The Morgan fingerprint density at radius 3 is 1.78 bits per heavy atom. The molecule has 0 atom stereocenters. The van der Waals surface area contributed by atoms with Crippen LogP contribution in [0.3, 0.4) is 0 Å². The van der Waals surface area contributed by atoms with Crippen molar-refractivity contribution in [1.82, 2.24) is 0 Å². The molecule has 3 aromatic carbocycles. The molecule has 0 aromatic heterocycles. The minimum atomic E-state index is -0.248. The van der Waals surface area contributed by atoms with Gasteiger partial charge in [-0.05, 0) is 27.7 Å². The Balaban J connectivity index is 1.85. The molecule has 1 heterocycles. The van der Waals surface area contributed by atoms with E-state index in [2.05, 4.69) is 66.7 Å². The molecular weight excluding hydrogens is 283 g/mol. The second-order valence-electron chi connectivity index (χ2n) is 5.61. The summed E-state index contributed by atoms with van der Waals surface area (Å²) in [5.74, 6) is 0. The zero-order valence-corrected chi connectivity index (χ0v) is 12.8. The normalized spacial score (nSPS) is 14.2. The van der Waals surface area contributed by atoms with Gasteiger partial charge in [0.1, 0.15) is 0 Å². The zero-order valence-electron chi connectivity index (χ0n) is 12.8. The van der Waals surface area contributed by atoms with Crippen molar-refractivity contribution in [1.29, 1.82) is 0 Å². The maximum absolute atomic E-state index is 5.65. The van der Waals surface area contributed by atoms with Crippen molar-refractivity contribution in [3.05, 3.63) is 78.9 Å². The first kappa shape index (κ1) is 14.3. The number of rotatable bonds is 3. The molecule has 1 fully saturated rings. The Bertz CT molecular complexity index is 781. The fourth-order valence-corrected chi connectivity index (χ4v) is 2.99. The fraction of sp³-hybridized carbons (Fsp3) is 0.100. The summed E-state index contributed by atoms with van der Waals surface area (Å²) in [5.41, 5.74) is 5.91. The van der Waals surface area contributed by atoms with Gasteiger partial charge in [-0.25, -0.2) is 0 Å². The van der Waals surface area contributed by atoms with Crippen molar-refractivity contribution < 1.29 is 9.31 Å². The summed E-state index contributed by atoms with van der Waals surface area (Å²) in [6.45, 7) is 1.32. The van der Waals surface area contributed by atoms with Gasteiger partial charge in [0.25, 0.3) is 0 Å². The SMILES string of the molecule is c1ccc(-c2ccc(B3OCCO3)cc2-c2ccccc2)cc1. The van der Waals surface area contributed by atoms with Crippen LogP contribution < -0.4 is 5.46 Å². The van der Waals surface area contributed by atoms with Gasteiger partial charge in [0.15, 0.2) is 0 Å². The van der Waals surface area contributed by atoms with E-state index in [0.29, 0.717) is 13.2 Å². The Morgan fingerprint density at radius 1 is 0.609 bits per heavy atom. The van der Waals surface area contributed by atoms with Gasteiger partial charge in [0, 0.05) is 0 Å². The highest BCUT2D eigenvalue weighted by molar-refractivity contribution is 6.61. The van der Waals surface area contributed by atoms with Crippen LogP contribution in [-0.2, 0) is 9.31 Å². The maximum Gasteiger partial charge on any atom is 0.494 e. The molecule has 0 unspecified atom stereocenters. The maximum atomic E-state index is 5.65. The summed E-state index contributed by atoms with van der Waals surface area (Å²) in [6.07, 6.45) is 0. The molecule has 112 valence electrons. The molecule has 0 amide bonds. The standard InChI is InChI=1S/C20H17BO2/c1-3-7-16(8-4-1)19-12-11-18(21-22-13-14-23-21)15-20(19)17-9-5-2-6-10-17/h1-12,15H,13-14H2. The number of hydrogen-bond acceptors (Lipinski definition) is 2. The van der Waals surface area contributed by atoms with Crippen LogP contribution >= 0.6 is 0 Å². The molecule has 3 aromatic rings. The Hall–Kier alpha value is -2.36. The quantitative estimate of drug-likeness (QED) is 0.686. The molecule has 0 aliphatic carbocycles. The second kappa shape index (κ2) is 6.41. The van der Waals surface area contributed by atoms with Crippen LogP contribution in [0.15, 0.2) is 78.9 Å². The summed E-state index contributed by atoms with van der Waals surface area (Å²) >= 11 is 0. The van der Waals surface area contributed by atoms with E-state index < -0.39 is 0 Å². The molecule has 0 bridgehead atoms. The van der Waals surface area contributed by atoms with Gasteiger partial charge in [0.05, 0.1) is 13.2 Å². The zero-order chi connectivity index (χ0) is 15.5. The van der Waals surface area contributed by atoms with Crippen LogP contribution in [-0.4, -0.2) is 20.3 Å². The smallest absolute Gasteiger partial charge is 0.405 e. The molecule has 0 spiro atoms. The highest BCUT2D eigenvalue weighted by Gasteiger charge is 2.27. The molecule has 1 saturated heterocycles. The van der Waals surface area contributed by atoms with Crippen molar-refractivity contribution in [2.24, 2.45) is 0 Å². The average Bonchev–Trinajstić information content (AvgIpc) is 3.17. The summed E-state index contributed by atoms with van der Waals surface area (Å²) in [5, 5.41) is 0. The first-order valence-corrected chi connectivity index (χ1v) is 7.90. The van der Waals surface area contributed by atoms with E-state index in [0.717, 1.165) is 5.46 Å². The van der Waals surface area contributed by atoms with E-state index in [4.69, 9.17) is 9.31 Å². The lowest BCUT2D eigenvalue weighted by Gasteiger charge is -2.13. The average molecular weight is 300 g/mol. The van der Waals surface area contributed by atoms with Crippen LogP contribution in [0, 0.1) is 0 Å². The van der Waals surface area contributed by atoms with Crippen molar-refractivity contribution in [2.75, 3.05) is 13.2 Å². The van der Waals surface area contributed by atoms with E-state index in [1.165, 1.54) is 22.3 Å². The molecule has 3 heteroatoms. The summed E-state index contributed by atoms with van der Waals surface area (Å²) < 4.78 is 11.3. The van der Waals surface area contributed by atoms with Gasteiger partial charge >= 0.3 is 7.12 Å². The highest BCUT2D eigenvalue weighted by Crippen LogP contribution is 2.31.